The molecular formula is C16H25N5O2. The van der Waals surface area contributed by atoms with Gasteiger partial charge in [0.25, 0.3) is 0 Å². The first-order valence-corrected chi connectivity index (χ1v) is 8.34. The van der Waals surface area contributed by atoms with Crippen LogP contribution in [0.2, 0.25) is 0 Å². The molecule has 1 saturated heterocycles. The van der Waals surface area contributed by atoms with Gasteiger partial charge in [0.05, 0.1) is 13.2 Å². The molecule has 7 heteroatoms. The van der Waals surface area contributed by atoms with Crippen LogP contribution in [0.3, 0.4) is 0 Å². The van der Waals surface area contributed by atoms with Gasteiger partial charge in [0.15, 0.2) is 5.65 Å². The first kappa shape index (κ1) is 16.2. The van der Waals surface area contributed by atoms with Gasteiger partial charge < -0.3 is 5.11 Å². The van der Waals surface area contributed by atoms with Crippen molar-refractivity contribution in [2.24, 2.45) is 0 Å². The number of aliphatic hydroxyl groups excluding tert-OH is 1. The van der Waals surface area contributed by atoms with Crippen molar-refractivity contribution in [3.63, 3.8) is 0 Å². The highest BCUT2D eigenvalue weighted by atomic mass is 16.3. The van der Waals surface area contributed by atoms with E-state index in [1.54, 1.807) is 15.3 Å². The van der Waals surface area contributed by atoms with Gasteiger partial charge in [0, 0.05) is 45.0 Å². The molecule has 23 heavy (non-hydrogen) atoms. The topological polar surface area (TPSA) is 66.0 Å². The highest BCUT2D eigenvalue weighted by molar-refractivity contribution is 5.35. The van der Waals surface area contributed by atoms with Crippen LogP contribution in [0.4, 0.5) is 0 Å². The number of pyridine rings is 1. The maximum Gasteiger partial charge on any atom is 0.350 e. The van der Waals surface area contributed by atoms with Gasteiger partial charge in [0.1, 0.15) is 0 Å². The number of hydrogen-bond donors (Lipinski definition) is 1. The van der Waals surface area contributed by atoms with E-state index in [1.807, 2.05) is 18.2 Å². The molecule has 2 aromatic heterocycles. The summed E-state index contributed by atoms with van der Waals surface area (Å²) < 4.78 is 3.12. The second-order valence-corrected chi connectivity index (χ2v) is 6.06. The van der Waals surface area contributed by atoms with Crippen molar-refractivity contribution < 1.29 is 5.11 Å². The number of fused-ring (bicyclic) bond motifs is 1. The summed E-state index contributed by atoms with van der Waals surface area (Å²) in [6, 6.07) is 5.84. The van der Waals surface area contributed by atoms with Gasteiger partial charge in [-0.2, -0.15) is 0 Å². The molecule has 0 aliphatic carbocycles. The van der Waals surface area contributed by atoms with Crippen molar-refractivity contribution in [2.45, 2.75) is 25.9 Å². The molecule has 1 atom stereocenters. The van der Waals surface area contributed by atoms with Crippen LogP contribution in [0.1, 0.15) is 13.3 Å². The predicted octanol–water partition coefficient (Wildman–Crippen LogP) is -0.115. The Morgan fingerprint density at radius 1 is 1.22 bits per heavy atom. The molecule has 1 fully saturated rings. The van der Waals surface area contributed by atoms with E-state index in [0.29, 0.717) is 12.2 Å². The zero-order valence-corrected chi connectivity index (χ0v) is 13.6. The van der Waals surface area contributed by atoms with E-state index in [-0.39, 0.29) is 18.3 Å². The zero-order chi connectivity index (χ0) is 16.2. The molecule has 0 amide bonds. The van der Waals surface area contributed by atoms with Crippen LogP contribution in [0.15, 0.2) is 29.2 Å². The van der Waals surface area contributed by atoms with Crippen LogP contribution in [0.25, 0.3) is 5.65 Å². The van der Waals surface area contributed by atoms with E-state index < -0.39 is 0 Å². The summed E-state index contributed by atoms with van der Waals surface area (Å²) in [5.41, 5.74) is 0.613. The van der Waals surface area contributed by atoms with Crippen LogP contribution in [0, 0.1) is 0 Å². The SMILES string of the molecule is CCC(CO)N1CCN(CCn2nc3ccccn3c2=O)CC1. The zero-order valence-electron chi connectivity index (χ0n) is 13.6. The van der Waals surface area contributed by atoms with E-state index in [4.69, 9.17) is 0 Å². The van der Waals surface area contributed by atoms with E-state index in [9.17, 15) is 9.90 Å². The molecule has 0 aromatic carbocycles. The lowest BCUT2D eigenvalue weighted by molar-refractivity contribution is 0.0619. The van der Waals surface area contributed by atoms with Crippen molar-refractivity contribution in [1.29, 1.82) is 0 Å². The maximum atomic E-state index is 12.2. The first-order chi connectivity index (χ1) is 11.2. The summed E-state index contributed by atoms with van der Waals surface area (Å²) in [5, 5.41) is 13.8. The normalized spacial score (nSPS) is 18.5. The summed E-state index contributed by atoms with van der Waals surface area (Å²) in [4.78, 5) is 16.9. The van der Waals surface area contributed by atoms with Crippen LogP contribution in [-0.4, -0.2) is 74.5 Å². The molecule has 0 spiro atoms. The summed E-state index contributed by atoms with van der Waals surface area (Å²) in [6.45, 7) is 7.66. The fraction of sp³-hybridized carbons (Fsp3) is 0.625. The van der Waals surface area contributed by atoms with Crippen molar-refractivity contribution >= 4 is 5.65 Å². The average molecular weight is 319 g/mol. The van der Waals surface area contributed by atoms with Crippen LogP contribution >= 0.6 is 0 Å². The maximum absolute atomic E-state index is 12.2. The molecule has 3 rings (SSSR count). The van der Waals surface area contributed by atoms with Gasteiger partial charge in [-0.3, -0.25) is 14.2 Å². The van der Waals surface area contributed by atoms with Gasteiger partial charge in [0.2, 0.25) is 0 Å². The molecule has 0 bridgehead atoms. The Morgan fingerprint density at radius 2 is 2.00 bits per heavy atom. The quantitative estimate of drug-likeness (QED) is 0.804. The Bertz CT molecular complexity index is 683. The fourth-order valence-corrected chi connectivity index (χ4v) is 3.20. The molecule has 3 heterocycles. The third-order valence-electron chi connectivity index (χ3n) is 4.72. The Labute approximate surface area is 135 Å². The average Bonchev–Trinajstić information content (AvgIpc) is 2.92. The van der Waals surface area contributed by atoms with Crippen molar-refractivity contribution in [2.75, 3.05) is 39.3 Å². The molecule has 7 nitrogen and oxygen atoms in total. The molecule has 0 radical (unpaired) electrons. The molecule has 1 aliphatic rings. The summed E-state index contributed by atoms with van der Waals surface area (Å²) >= 11 is 0. The second-order valence-electron chi connectivity index (χ2n) is 6.06. The minimum absolute atomic E-state index is 0.0782. The van der Waals surface area contributed by atoms with Crippen LogP contribution in [-0.2, 0) is 6.54 Å². The molecule has 2 aromatic rings. The minimum atomic E-state index is -0.0782. The molecule has 126 valence electrons. The molecular weight excluding hydrogens is 294 g/mol. The van der Waals surface area contributed by atoms with Gasteiger partial charge in [-0.25, -0.2) is 9.48 Å². The number of piperazine rings is 1. The van der Waals surface area contributed by atoms with Gasteiger partial charge in [-0.1, -0.05) is 13.0 Å². The van der Waals surface area contributed by atoms with E-state index in [2.05, 4.69) is 21.8 Å². The Balaban J connectivity index is 1.55. The number of aromatic nitrogens is 3. The summed E-state index contributed by atoms with van der Waals surface area (Å²) in [6.07, 6.45) is 2.73. The highest BCUT2D eigenvalue weighted by Gasteiger charge is 2.22. The largest absolute Gasteiger partial charge is 0.395 e. The minimum Gasteiger partial charge on any atom is -0.395 e. The van der Waals surface area contributed by atoms with E-state index >= 15 is 0 Å². The molecule has 1 aliphatic heterocycles. The number of rotatable bonds is 6. The lowest BCUT2D eigenvalue weighted by atomic mass is 10.1. The Morgan fingerprint density at radius 3 is 2.65 bits per heavy atom. The Hall–Kier alpha value is -1.70. The van der Waals surface area contributed by atoms with Crippen molar-refractivity contribution in [3.8, 4) is 0 Å². The summed E-state index contributed by atoms with van der Waals surface area (Å²) in [7, 11) is 0. The van der Waals surface area contributed by atoms with Gasteiger partial charge in [-0.15, -0.1) is 5.10 Å². The van der Waals surface area contributed by atoms with Gasteiger partial charge >= 0.3 is 5.69 Å². The van der Waals surface area contributed by atoms with Crippen LogP contribution in [0.5, 0.6) is 0 Å². The van der Waals surface area contributed by atoms with Crippen molar-refractivity contribution in [1.82, 2.24) is 24.0 Å². The van der Waals surface area contributed by atoms with E-state index in [0.717, 1.165) is 39.1 Å². The lowest BCUT2D eigenvalue weighted by Gasteiger charge is -2.38. The Kier molecular flexibility index (Phi) is 5.09. The number of hydrogen-bond acceptors (Lipinski definition) is 5. The highest BCUT2D eigenvalue weighted by Crippen LogP contribution is 2.09. The second kappa shape index (κ2) is 7.25. The summed E-state index contributed by atoms with van der Waals surface area (Å²) in [5.74, 6) is 0. The first-order valence-electron chi connectivity index (χ1n) is 8.34. The number of nitrogens with zero attached hydrogens (tertiary/aromatic N) is 5. The smallest absolute Gasteiger partial charge is 0.350 e. The van der Waals surface area contributed by atoms with Crippen molar-refractivity contribution in [3.05, 3.63) is 34.9 Å². The van der Waals surface area contributed by atoms with Gasteiger partial charge in [-0.05, 0) is 18.6 Å². The molecule has 0 saturated carbocycles. The number of aliphatic hydroxyl groups is 1. The van der Waals surface area contributed by atoms with E-state index in [1.165, 1.54) is 0 Å². The monoisotopic (exact) mass is 319 g/mol. The molecule has 1 unspecified atom stereocenters. The van der Waals surface area contributed by atoms with Crippen LogP contribution < -0.4 is 5.69 Å². The fourth-order valence-electron chi connectivity index (χ4n) is 3.20. The standard InChI is InChI=1S/C16H25N5O2/c1-2-14(13-22)19-10-7-18(8-11-19)9-12-21-16(23)20-6-4-3-5-15(20)17-21/h3-6,14,22H,2,7-13H2,1H3. The lowest BCUT2D eigenvalue weighted by Crippen LogP contribution is -2.51. The predicted molar refractivity (Wildman–Crippen MR) is 88.6 cm³/mol. The third kappa shape index (κ3) is 3.46. The molecule has 1 N–H and O–H groups in total. The third-order valence-corrected chi connectivity index (χ3v) is 4.72.